The van der Waals surface area contributed by atoms with Crippen molar-refractivity contribution in [2.75, 3.05) is 18.0 Å². The van der Waals surface area contributed by atoms with Crippen LogP contribution in [0.4, 0.5) is 14.6 Å². The van der Waals surface area contributed by atoms with Crippen molar-refractivity contribution in [1.82, 2.24) is 24.5 Å². The molecule has 13 heteroatoms. The van der Waals surface area contributed by atoms with Crippen molar-refractivity contribution < 1.29 is 27.8 Å². The lowest BCUT2D eigenvalue weighted by molar-refractivity contribution is 0.0697. The molecule has 1 unspecified atom stereocenters. The molecule has 1 saturated carbocycles. The molecule has 43 heavy (non-hydrogen) atoms. The van der Waals surface area contributed by atoms with E-state index in [1.165, 1.54) is 18.4 Å². The van der Waals surface area contributed by atoms with E-state index in [0.29, 0.717) is 36.6 Å². The van der Waals surface area contributed by atoms with E-state index in [9.17, 15) is 18.7 Å². The number of hydrogen-bond acceptors (Lipinski definition) is 8. The highest BCUT2D eigenvalue weighted by Gasteiger charge is 2.57. The van der Waals surface area contributed by atoms with Crippen LogP contribution in [-0.4, -0.2) is 48.7 Å². The van der Waals surface area contributed by atoms with Gasteiger partial charge >= 0.3 is 12.0 Å². The third-order valence-corrected chi connectivity index (χ3v) is 8.67. The fourth-order valence-electron chi connectivity index (χ4n) is 6.02. The Balaban J connectivity index is 1.08. The van der Waals surface area contributed by atoms with E-state index in [1.54, 1.807) is 30.5 Å². The average molecular weight is 607 g/mol. The number of carboxylic acids is 1. The van der Waals surface area contributed by atoms with Gasteiger partial charge in [0, 0.05) is 29.6 Å². The number of aromatic carboxylic acids is 1. The summed E-state index contributed by atoms with van der Waals surface area (Å²) in [7, 11) is 0. The van der Waals surface area contributed by atoms with Crippen molar-refractivity contribution in [2.45, 2.75) is 38.3 Å². The van der Waals surface area contributed by atoms with Crippen molar-refractivity contribution >= 4 is 34.4 Å². The minimum Gasteiger partial charge on any atom is -0.478 e. The summed E-state index contributed by atoms with van der Waals surface area (Å²) in [6.45, 7) is 1.34. The van der Waals surface area contributed by atoms with E-state index in [-0.39, 0.29) is 45.9 Å². The second kappa shape index (κ2) is 10.6. The fourth-order valence-corrected chi connectivity index (χ4v) is 6.18. The summed E-state index contributed by atoms with van der Waals surface area (Å²) in [6.07, 6.45) is 6.63. The lowest BCUT2D eigenvalue weighted by Gasteiger charge is -2.33. The summed E-state index contributed by atoms with van der Waals surface area (Å²) >= 11 is 5.81. The molecule has 3 aromatic heterocycles. The normalized spacial score (nSPS) is 17.5. The molecular weight excluding hydrogens is 582 g/mol. The quantitative estimate of drug-likeness (QED) is 0.232. The maximum Gasteiger partial charge on any atom is 0.335 e. The van der Waals surface area contributed by atoms with Gasteiger partial charge in [0.2, 0.25) is 5.89 Å². The molecule has 220 valence electrons. The number of carboxylic acid groups (broad SMARTS) is 1. The lowest BCUT2D eigenvalue weighted by Crippen LogP contribution is -2.36. The Labute approximate surface area is 248 Å². The van der Waals surface area contributed by atoms with Gasteiger partial charge in [-0.05, 0) is 55.0 Å². The summed E-state index contributed by atoms with van der Waals surface area (Å²) in [5.41, 5.74) is 1.87. The molecule has 10 nitrogen and oxygen atoms in total. The summed E-state index contributed by atoms with van der Waals surface area (Å²) in [6, 6.07) is 9.14. The first kappa shape index (κ1) is 27.3. The first-order chi connectivity index (χ1) is 20.8. The van der Waals surface area contributed by atoms with E-state index in [1.807, 2.05) is 9.47 Å². The van der Waals surface area contributed by atoms with Crippen LogP contribution in [0.25, 0.3) is 11.0 Å². The van der Waals surface area contributed by atoms with Crippen molar-refractivity contribution in [3.63, 3.8) is 0 Å². The van der Waals surface area contributed by atoms with Gasteiger partial charge in [-0.2, -0.15) is 4.98 Å². The van der Waals surface area contributed by atoms with Gasteiger partial charge < -0.3 is 23.7 Å². The molecule has 1 atom stereocenters. The predicted molar refractivity (Wildman–Crippen MR) is 151 cm³/mol. The molecule has 2 aliphatic rings. The van der Waals surface area contributed by atoms with Crippen LogP contribution in [0.2, 0.25) is 5.02 Å². The van der Waals surface area contributed by atoms with E-state index in [4.69, 9.17) is 25.7 Å². The Morgan fingerprint density at radius 1 is 1.12 bits per heavy atom. The second-order valence-electron chi connectivity index (χ2n) is 10.9. The van der Waals surface area contributed by atoms with Crippen LogP contribution in [-0.2, 0) is 13.2 Å². The zero-order valence-electron chi connectivity index (χ0n) is 22.7. The van der Waals surface area contributed by atoms with Crippen molar-refractivity contribution in [3.8, 4) is 6.01 Å². The molecule has 1 N–H and O–H groups in total. The second-order valence-corrected chi connectivity index (χ2v) is 11.4. The first-order valence-electron chi connectivity index (χ1n) is 13.8. The van der Waals surface area contributed by atoms with Gasteiger partial charge in [0.25, 0.3) is 0 Å². The SMILES string of the molecule is O=C(O)c1ccc2nc(C3CC34CCN(c3nc(OCc5ccc(Cl)cc5F)ncc3F)CC4)n(Cc3ncco3)c2c1. The summed E-state index contributed by atoms with van der Waals surface area (Å²) in [5, 5.41) is 9.83. The predicted octanol–water partition coefficient (Wildman–Crippen LogP) is 5.85. The van der Waals surface area contributed by atoms with Crippen LogP contribution >= 0.6 is 11.6 Å². The molecule has 7 rings (SSSR count). The molecular formula is C30H25ClF2N6O4. The highest BCUT2D eigenvalue weighted by atomic mass is 35.5. The first-order valence-corrected chi connectivity index (χ1v) is 14.1. The highest BCUT2D eigenvalue weighted by molar-refractivity contribution is 6.30. The number of fused-ring (bicyclic) bond motifs is 1. The molecule has 0 radical (unpaired) electrons. The van der Waals surface area contributed by atoms with Gasteiger partial charge in [0.1, 0.15) is 31.1 Å². The van der Waals surface area contributed by atoms with Crippen molar-refractivity contribution in [3.05, 3.63) is 94.6 Å². The van der Waals surface area contributed by atoms with Crippen LogP contribution < -0.4 is 9.64 Å². The number of halogens is 3. The molecule has 4 heterocycles. The molecule has 1 aliphatic carbocycles. The third kappa shape index (κ3) is 5.16. The van der Waals surface area contributed by atoms with Gasteiger partial charge in [-0.3, -0.25) is 0 Å². The lowest BCUT2D eigenvalue weighted by atomic mass is 9.90. The molecule has 0 bridgehead atoms. The minimum absolute atomic E-state index is 0.0171. The number of anilines is 1. The monoisotopic (exact) mass is 606 g/mol. The van der Waals surface area contributed by atoms with E-state index >= 15 is 0 Å². The van der Waals surface area contributed by atoms with Gasteiger partial charge in [0.15, 0.2) is 11.6 Å². The summed E-state index contributed by atoms with van der Waals surface area (Å²) in [5.74, 6) is -0.420. The summed E-state index contributed by atoms with van der Waals surface area (Å²) < 4.78 is 42.1. The van der Waals surface area contributed by atoms with Crippen LogP contribution in [0.5, 0.6) is 6.01 Å². The number of aromatic nitrogens is 5. The van der Waals surface area contributed by atoms with Crippen LogP contribution in [0.1, 0.15) is 52.8 Å². The zero-order chi connectivity index (χ0) is 29.7. The standard InChI is InChI=1S/C30H25ClF2N6O4/c31-19-3-1-18(21(32)12-19)16-43-29-35-14-22(33)27(37-29)38-8-5-30(6-9-38)13-20(30)26-36-23-4-2-17(28(40)41)11-24(23)39(26)15-25-34-7-10-42-25/h1-4,7,10-12,14,20H,5-6,8-9,13,15-16H2,(H,40,41). The van der Waals surface area contributed by atoms with Crippen LogP contribution in [0, 0.1) is 17.0 Å². The topological polar surface area (TPSA) is 119 Å². The number of benzene rings is 2. The summed E-state index contributed by atoms with van der Waals surface area (Å²) in [4.78, 5) is 30.9. The average Bonchev–Trinajstić information content (AvgIpc) is 3.30. The maximum absolute atomic E-state index is 14.8. The van der Waals surface area contributed by atoms with Gasteiger partial charge in [-0.15, -0.1) is 0 Å². The van der Waals surface area contributed by atoms with Crippen molar-refractivity contribution in [2.24, 2.45) is 5.41 Å². The Kier molecular flexibility index (Phi) is 6.72. The van der Waals surface area contributed by atoms with E-state index in [2.05, 4.69) is 15.0 Å². The number of imidazole rings is 1. The number of nitrogens with zero attached hydrogens (tertiary/aromatic N) is 6. The van der Waals surface area contributed by atoms with Crippen LogP contribution in [0.3, 0.4) is 0 Å². The number of piperidine rings is 1. The molecule has 2 aromatic carbocycles. The molecule has 5 aromatic rings. The van der Waals surface area contributed by atoms with E-state index < -0.39 is 17.6 Å². The zero-order valence-corrected chi connectivity index (χ0v) is 23.5. The smallest absolute Gasteiger partial charge is 0.335 e. The minimum atomic E-state index is -1.01. The van der Waals surface area contributed by atoms with Gasteiger partial charge in [-0.25, -0.2) is 28.5 Å². The fraction of sp³-hybridized carbons (Fsp3) is 0.300. The number of oxazole rings is 1. The Morgan fingerprint density at radius 2 is 1.95 bits per heavy atom. The molecule has 0 amide bonds. The molecule has 1 saturated heterocycles. The number of rotatable bonds is 8. The number of hydrogen-bond donors (Lipinski definition) is 1. The Hall–Kier alpha value is -4.58. The molecule has 1 spiro atoms. The number of ether oxygens (including phenoxy) is 1. The highest BCUT2D eigenvalue weighted by Crippen LogP contribution is 2.65. The molecule has 1 aliphatic heterocycles. The Morgan fingerprint density at radius 3 is 2.70 bits per heavy atom. The largest absolute Gasteiger partial charge is 0.478 e. The van der Waals surface area contributed by atoms with Crippen LogP contribution in [0.15, 0.2) is 59.5 Å². The Bertz CT molecular complexity index is 1840. The third-order valence-electron chi connectivity index (χ3n) is 8.44. The maximum atomic E-state index is 14.8. The van der Waals surface area contributed by atoms with Gasteiger partial charge in [-0.1, -0.05) is 17.7 Å². The van der Waals surface area contributed by atoms with Crippen molar-refractivity contribution in [1.29, 1.82) is 0 Å². The molecule has 2 fully saturated rings. The van der Waals surface area contributed by atoms with Gasteiger partial charge in [0.05, 0.1) is 29.0 Å². The van der Waals surface area contributed by atoms with E-state index in [0.717, 1.165) is 31.3 Å². The number of carbonyl (C=O) groups is 1.